The van der Waals surface area contributed by atoms with Gasteiger partial charge >= 0.3 is 0 Å². The fourth-order valence-corrected chi connectivity index (χ4v) is 3.11. The van der Waals surface area contributed by atoms with Crippen molar-refractivity contribution in [2.45, 2.75) is 27.3 Å². The molecule has 0 radical (unpaired) electrons. The fourth-order valence-electron chi connectivity index (χ4n) is 3.11. The molecule has 0 aliphatic rings. The van der Waals surface area contributed by atoms with E-state index >= 15 is 0 Å². The summed E-state index contributed by atoms with van der Waals surface area (Å²) in [6.07, 6.45) is 1.90. The van der Waals surface area contributed by atoms with Crippen molar-refractivity contribution in [2.24, 2.45) is 7.05 Å². The number of nitrogens with one attached hydrogen (secondary N) is 2. The molecule has 1 aromatic carbocycles. The number of benzene rings is 1. The van der Waals surface area contributed by atoms with Crippen molar-refractivity contribution in [3.63, 3.8) is 0 Å². The van der Waals surface area contributed by atoms with Crippen LogP contribution in [0.5, 0.6) is 0 Å². The van der Waals surface area contributed by atoms with Crippen LogP contribution in [0.4, 0.5) is 5.69 Å². The van der Waals surface area contributed by atoms with E-state index < -0.39 is 0 Å². The second kappa shape index (κ2) is 6.29. The molecule has 4 rings (SSSR count). The molecule has 0 saturated carbocycles. The zero-order chi connectivity index (χ0) is 18.3. The monoisotopic (exact) mass is 346 g/mol. The normalized spacial score (nSPS) is 11.2. The maximum absolute atomic E-state index is 4.58. The molecule has 0 unspecified atom stereocenters. The SMILES string of the molecule is Cc1nc(-c2cccc(NCc3cnc4c(c3)c(C)nn4C)c2)[nH]c1C. The Labute approximate surface area is 152 Å². The first kappa shape index (κ1) is 16.3. The lowest BCUT2D eigenvalue weighted by Gasteiger charge is -2.08. The van der Waals surface area contributed by atoms with Crippen LogP contribution in [0.1, 0.15) is 22.6 Å². The number of hydrogen-bond acceptors (Lipinski definition) is 4. The van der Waals surface area contributed by atoms with Crippen LogP contribution in [0.3, 0.4) is 0 Å². The molecule has 4 aromatic rings. The summed E-state index contributed by atoms with van der Waals surface area (Å²) in [6.45, 7) is 6.77. The number of aromatic nitrogens is 5. The van der Waals surface area contributed by atoms with Gasteiger partial charge in [0.2, 0.25) is 0 Å². The van der Waals surface area contributed by atoms with Gasteiger partial charge in [0, 0.05) is 42.1 Å². The Kier molecular flexibility index (Phi) is 3.95. The lowest BCUT2D eigenvalue weighted by atomic mass is 10.1. The number of aryl methyl sites for hydroxylation is 4. The number of fused-ring (bicyclic) bond motifs is 1. The molecule has 3 heterocycles. The van der Waals surface area contributed by atoms with E-state index in [1.807, 2.05) is 44.8 Å². The summed E-state index contributed by atoms with van der Waals surface area (Å²) in [5.74, 6) is 0.901. The van der Waals surface area contributed by atoms with E-state index in [4.69, 9.17) is 0 Å². The van der Waals surface area contributed by atoms with Gasteiger partial charge in [-0.3, -0.25) is 4.68 Å². The summed E-state index contributed by atoms with van der Waals surface area (Å²) >= 11 is 0. The van der Waals surface area contributed by atoms with Crippen LogP contribution in [-0.4, -0.2) is 24.7 Å². The smallest absolute Gasteiger partial charge is 0.157 e. The molecule has 26 heavy (non-hydrogen) atoms. The van der Waals surface area contributed by atoms with Crippen LogP contribution in [0.15, 0.2) is 36.5 Å². The summed E-state index contributed by atoms with van der Waals surface area (Å²) in [6, 6.07) is 10.4. The molecule has 2 N–H and O–H groups in total. The molecule has 0 saturated heterocycles. The summed E-state index contributed by atoms with van der Waals surface area (Å²) in [5.41, 5.74) is 7.30. The summed E-state index contributed by atoms with van der Waals surface area (Å²) in [5, 5.41) is 9.00. The Bertz CT molecular complexity index is 1070. The zero-order valence-corrected chi connectivity index (χ0v) is 15.5. The van der Waals surface area contributed by atoms with Crippen LogP contribution in [0.2, 0.25) is 0 Å². The molecule has 0 amide bonds. The van der Waals surface area contributed by atoms with E-state index in [1.165, 1.54) is 0 Å². The van der Waals surface area contributed by atoms with E-state index in [1.54, 1.807) is 0 Å². The van der Waals surface area contributed by atoms with E-state index in [0.29, 0.717) is 6.54 Å². The summed E-state index contributed by atoms with van der Waals surface area (Å²) in [7, 11) is 1.92. The molecule has 0 aliphatic carbocycles. The molecule has 0 aliphatic heterocycles. The van der Waals surface area contributed by atoms with Crippen molar-refractivity contribution in [2.75, 3.05) is 5.32 Å². The second-order valence-corrected chi connectivity index (χ2v) is 6.65. The standard InChI is InChI=1S/C20H22N6/c1-12-13(2)24-19(23-12)16-6-5-7-17(9-16)21-10-15-8-18-14(3)25-26(4)20(18)22-11-15/h5-9,11,21H,10H2,1-4H3,(H,23,24). The van der Waals surface area contributed by atoms with Crippen LogP contribution in [0, 0.1) is 20.8 Å². The highest BCUT2D eigenvalue weighted by atomic mass is 15.3. The van der Waals surface area contributed by atoms with Gasteiger partial charge < -0.3 is 10.3 Å². The zero-order valence-electron chi connectivity index (χ0n) is 15.5. The minimum absolute atomic E-state index is 0.705. The van der Waals surface area contributed by atoms with Crippen molar-refractivity contribution in [1.29, 1.82) is 0 Å². The first-order chi connectivity index (χ1) is 12.5. The average Bonchev–Trinajstić information content (AvgIpc) is 3.12. The topological polar surface area (TPSA) is 71.4 Å². The summed E-state index contributed by atoms with van der Waals surface area (Å²) < 4.78 is 1.82. The van der Waals surface area contributed by atoms with Crippen LogP contribution in [0.25, 0.3) is 22.4 Å². The van der Waals surface area contributed by atoms with E-state index in [0.717, 1.165) is 50.8 Å². The number of nitrogens with zero attached hydrogens (tertiary/aromatic N) is 4. The predicted octanol–water partition coefficient (Wildman–Crippen LogP) is 3.90. The molecule has 6 heteroatoms. The van der Waals surface area contributed by atoms with Crippen LogP contribution in [-0.2, 0) is 13.6 Å². The van der Waals surface area contributed by atoms with Gasteiger partial charge in [-0.05, 0) is 44.5 Å². The molecular formula is C20H22N6. The van der Waals surface area contributed by atoms with Crippen molar-refractivity contribution in [1.82, 2.24) is 24.7 Å². The van der Waals surface area contributed by atoms with Crippen molar-refractivity contribution < 1.29 is 0 Å². The number of aromatic amines is 1. The maximum atomic E-state index is 4.58. The quantitative estimate of drug-likeness (QED) is 0.588. The number of imidazole rings is 1. The largest absolute Gasteiger partial charge is 0.381 e. The minimum Gasteiger partial charge on any atom is -0.381 e. The third kappa shape index (κ3) is 2.94. The highest BCUT2D eigenvalue weighted by molar-refractivity contribution is 5.78. The van der Waals surface area contributed by atoms with Gasteiger partial charge in [-0.2, -0.15) is 5.10 Å². The fraction of sp³-hybridized carbons (Fsp3) is 0.250. The molecule has 0 bridgehead atoms. The van der Waals surface area contributed by atoms with Crippen molar-refractivity contribution in [3.8, 4) is 11.4 Å². The molecule has 0 spiro atoms. The maximum Gasteiger partial charge on any atom is 0.157 e. The highest BCUT2D eigenvalue weighted by Gasteiger charge is 2.08. The molecule has 6 nitrogen and oxygen atoms in total. The first-order valence-electron chi connectivity index (χ1n) is 8.67. The Balaban J connectivity index is 1.55. The van der Waals surface area contributed by atoms with E-state index in [-0.39, 0.29) is 0 Å². The Hall–Kier alpha value is -3.15. The third-order valence-electron chi connectivity index (χ3n) is 4.68. The second-order valence-electron chi connectivity index (χ2n) is 6.65. The Morgan fingerprint density at radius 2 is 1.96 bits per heavy atom. The van der Waals surface area contributed by atoms with Gasteiger partial charge in [-0.1, -0.05) is 12.1 Å². The lowest BCUT2D eigenvalue weighted by molar-refractivity contribution is 0.773. The number of pyridine rings is 1. The van der Waals surface area contributed by atoms with Gasteiger partial charge in [0.25, 0.3) is 0 Å². The Morgan fingerprint density at radius 1 is 1.12 bits per heavy atom. The average molecular weight is 346 g/mol. The Morgan fingerprint density at radius 3 is 2.73 bits per heavy atom. The lowest BCUT2D eigenvalue weighted by Crippen LogP contribution is -2.00. The van der Waals surface area contributed by atoms with Gasteiger partial charge in [-0.15, -0.1) is 0 Å². The molecule has 132 valence electrons. The van der Waals surface area contributed by atoms with Gasteiger partial charge in [0.15, 0.2) is 5.65 Å². The van der Waals surface area contributed by atoms with Gasteiger partial charge in [0.1, 0.15) is 5.82 Å². The van der Waals surface area contributed by atoms with Crippen LogP contribution >= 0.6 is 0 Å². The first-order valence-corrected chi connectivity index (χ1v) is 8.67. The van der Waals surface area contributed by atoms with Crippen molar-refractivity contribution in [3.05, 3.63) is 59.2 Å². The molecule has 3 aromatic heterocycles. The minimum atomic E-state index is 0.705. The third-order valence-corrected chi connectivity index (χ3v) is 4.68. The van der Waals surface area contributed by atoms with Gasteiger partial charge in [-0.25, -0.2) is 9.97 Å². The van der Waals surface area contributed by atoms with E-state index in [2.05, 4.69) is 49.6 Å². The molecule has 0 fully saturated rings. The number of anilines is 1. The van der Waals surface area contributed by atoms with Crippen molar-refractivity contribution >= 4 is 16.7 Å². The molecular weight excluding hydrogens is 324 g/mol. The molecule has 0 atom stereocenters. The number of rotatable bonds is 4. The van der Waals surface area contributed by atoms with Gasteiger partial charge in [0.05, 0.1) is 11.4 Å². The number of H-pyrrole nitrogens is 1. The summed E-state index contributed by atoms with van der Waals surface area (Å²) in [4.78, 5) is 12.5. The highest BCUT2D eigenvalue weighted by Crippen LogP contribution is 2.22. The number of hydrogen-bond donors (Lipinski definition) is 2. The predicted molar refractivity (Wildman–Crippen MR) is 104 cm³/mol. The van der Waals surface area contributed by atoms with Crippen LogP contribution < -0.4 is 5.32 Å². The van der Waals surface area contributed by atoms with E-state index in [9.17, 15) is 0 Å².